The van der Waals surface area contributed by atoms with Gasteiger partial charge in [0.15, 0.2) is 0 Å². The number of ketones is 2. The smallest absolute Gasteiger partial charge is 0.696 e. The Bertz CT molecular complexity index is 1420. The zero-order chi connectivity index (χ0) is 30.6. The van der Waals surface area contributed by atoms with Crippen molar-refractivity contribution < 1.29 is 71.9 Å². The van der Waals surface area contributed by atoms with Gasteiger partial charge >= 0.3 is 31.6 Å². The van der Waals surface area contributed by atoms with Crippen LogP contribution < -0.4 is 10.2 Å². The van der Waals surface area contributed by atoms with E-state index < -0.39 is 42.1 Å². The maximum atomic E-state index is 11.3. The van der Waals surface area contributed by atoms with E-state index in [-0.39, 0.29) is 58.9 Å². The Hall–Kier alpha value is -4.68. The van der Waals surface area contributed by atoms with Gasteiger partial charge in [-0.3, -0.25) is 19.6 Å². The fourth-order valence-electron chi connectivity index (χ4n) is 2.64. The Balaban J connectivity index is 0.000000966. The third-order valence-corrected chi connectivity index (χ3v) is 4.31. The maximum absolute atomic E-state index is 11.3. The summed E-state index contributed by atoms with van der Waals surface area (Å²) in [5.74, 6) is -6.86. The van der Waals surface area contributed by atoms with Gasteiger partial charge in [0.2, 0.25) is 5.78 Å². The predicted molar refractivity (Wildman–Crippen MR) is 126 cm³/mol. The first kappa shape index (κ1) is 36.3. The van der Waals surface area contributed by atoms with Crippen molar-refractivity contribution in [3.8, 4) is 28.2 Å². The van der Waals surface area contributed by atoms with E-state index in [2.05, 4.69) is 27.6 Å². The van der Waals surface area contributed by atoms with Crippen LogP contribution in [-0.2, 0) is 41.7 Å². The second-order valence-corrected chi connectivity index (χ2v) is 7.44. The van der Waals surface area contributed by atoms with Gasteiger partial charge in [-0.05, 0) is 43.3 Å². The average molecular weight is 677 g/mol. The minimum Gasteiger partial charge on any atom is -0.696 e. The second-order valence-electron chi connectivity index (χ2n) is 7.26. The van der Waals surface area contributed by atoms with Crippen LogP contribution in [0.3, 0.4) is 0 Å². The SMILES string of the molecule is CC(=O)CC(=O)C(F)(F)F.N#C[S-].O=C([O-])c1ccnc(-c2cc(C(=O)[O-])cc(-c3cc(C(=O)O)ccn3)n2)c1.[Ru+]. The second kappa shape index (κ2) is 16.4. The van der Waals surface area contributed by atoms with Gasteiger partial charge in [0, 0.05) is 23.5 Å². The van der Waals surface area contributed by atoms with E-state index >= 15 is 0 Å². The van der Waals surface area contributed by atoms with Crippen LogP contribution in [0.5, 0.6) is 0 Å². The van der Waals surface area contributed by atoms with Gasteiger partial charge in [-0.15, -0.1) is 0 Å². The van der Waals surface area contributed by atoms with Crippen LogP contribution >= 0.6 is 0 Å². The fraction of sp³-hybridized carbons (Fsp3) is 0.125. The number of hydrogen-bond donors (Lipinski definition) is 1. The largest absolute Gasteiger partial charge is 1.00 e. The molecule has 0 aromatic carbocycles. The molecule has 0 aliphatic heterocycles. The van der Waals surface area contributed by atoms with Crippen molar-refractivity contribution in [3.63, 3.8) is 0 Å². The van der Waals surface area contributed by atoms with Gasteiger partial charge in [-0.2, -0.15) is 13.2 Å². The van der Waals surface area contributed by atoms with Gasteiger partial charge in [-0.1, -0.05) is 5.40 Å². The maximum Gasteiger partial charge on any atom is 1.00 e. The number of nitrogens with zero attached hydrogens (tertiary/aromatic N) is 4. The quantitative estimate of drug-likeness (QED) is 0.158. The minimum absolute atomic E-state index is 0. The Morgan fingerprint density at radius 1 is 0.878 bits per heavy atom. The normalized spacial score (nSPS) is 9.73. The molecule has 0 saturated heterocycles. The molecule has 0 atom stereocenters. The first-order valence-corrected chi connectivity index (χ1v) is 10.7. The van der Waals surface area contributed by atoms with Crippen molar-refractivity contribution in [2.24, 2.45) is 0 Å². The molecule has 1 radical (unpaired) electrons. The number of carbonyl (C=O) groups is 5. The number of rotatable bonds is 7. The van der Waals surface area contributed by atoms with Crippen molar-refractivity contribution >= 4 is 42.1 Å². The van der Waals surface area contributed by atoms with Crippen LogP contribution in [0.1, 0.15) is 44.4 Å². The van der Waals surface area contributed by atoms with E-state index in [1.165, 1.54) is 54.2 Å². The number of thiocyanates is 1. The number of alkyl halides is 3. The molecular weight excluding hydrogens is 662 g/mol. The molecule has 0 fully saturated rings. The molecule has 12 nitrogen and oxygen atoms in total. The molecule has 3 aromatic heterocycles. The first-order chi connectivity index (χ1) is 18.6. The number of halogens is 3. The number of hydrogen-bond acceptors (Lipinski definition) is 12. The van der Waals surface area contributed by atoms with Crippen molar-refractivity contribution in [2.75, 3.05) is 0 Å². The topological polar surface area (TPSA) is 214 Å². The molecule has 0 bridgehead atoms. The van der Waals surface area contributed by atoms with Crippen molar-refractivity contribution in [1.82, 2.24) is 15.0 Å². The molecule has 0 amide bonds. The van der Waals surface area contributed by atoms with Gasteiger partial charge < -0.3 is 37.5 Å². The van der Waals surface area contributed by atoms with Crippen molar-refractivity contribution in [2.45, 2.75) is 19.5 Å². The van der Waals surface area contributed by atoms with Gasteiger partial charge in [0.05, 0.1) is 46.7 Å². The van der Waals surface area contributed by atoms with Crippen LogP contribution in [0.15, 0.2) is 48.8 Å². The molecule has 215 valence electrons. The van der Waals surface area contributed by atoms with Crippen molar-refractivity contribution in [3.05, 3.63) is 65.5 Å². The number of aromatic carboxylic acids is 3. The molecule has 0 aliphatic rings. The molecule has 17 heteroatoms. The fourth-order valence-corrected chi connectivity index (χ4v) is 2.64. The number of carbonyl (C=O) groups excluding carboxylic acids is 4. The molecule has 1 N–H and O–H groups in total. The summed E-state index contributed by atoms with van der Waals surface area (Å²) >= 11 is 3.70. The summed E-state index contributed by atoms with van der Waals surface area (Å²) in [6.45, 7) is 0.934. The number of carboxylic acids is 3. The number of carboxylic acid groups (broad SMARTS) is 3. The predicted octanol–water partition coefficient (Wildman–Crippen LogP) is 0.740. The molecule has 3 rings (SSSR count). The molecule has 3 heterocycles. The van der Waals surface area contributed by atoms with Crippen LogP contribution in [0.25, 0.3) is 22.8 Å². The Morgan fingerprint density at radius 3 is 1.61 bits per heavy atom. The van der Waals surface area contributed by atoms with Gasteiger partial charge in [-0.25, -0.2) is 15.0 Å². The third-order valence-electron chi connectivity index (χ3n) is 4.31. The average Bonchev–Trinajstić information content (AvgIpc) is 2.88. The zero-order valence-electron chi connectivity index (χ0n) is 20.3. The van der Waals surface area contributed by atoms with E-state index in [0.717, 1.165) is 6.92 Å². The van der Waals surface area contributed by atoms with E-state index in [1.54, 1.807) is 0 Å². The Labute approximate surface area is 247 Å². The summed E-state index contributed by atoms with van der Waals surface area (Å²) in [5, 5.41) is 39.9. The minimum atomic E-state index is -4.87. The Morgan fingerprint density at radius 2 is 1.27 bits per heavy atom. The van der Waals surface area contributed by atoms with E-state index in [1.807, 2.05) is 0 Å². The number of Topliss-reactive ketones (excluding diaryl/α,β-unsaturated/α-hetero) is 2. The monoisotopic (exact) mass is 677 g/mol. The van der Waals surface area contributed by atoms with Crippen LogP contribution in [-0.4, -0.2) is 55.7 Å². The molecule has 0 aliphatic carbocycles. The van der Waals surface area contributed by atoms with E-state index in [9.17, 15) is 47.4 Å². The number of nitriles is 1. The first-order valence-electron chi connectivity index (χ1n) is 10.3. The molecule has 3 aromatic rings. The van der Waals surface area contributed by atoms with Crippen LogP contribution in [0, 0.1) is 10.7 Å². The summed E-state index contributed by atoms with van der Waals surface area (Å²) in [5.41, 5.74) is -0.135. The van der Waals surface area contributed by atoms with E-state index in [0.29, 0.717) is 0 Å². The molecule has 0 spiro atoms. The summed E-state index contributed by atoms with van der Waals surface area (Å²) in [7, 11) is 0. The molecule has 41 heavy (non-hydrogen) atoms. The van der Waals surface area contributed by atoms with Crippen molar-refractivity contribution in [1.29, 1.82) is 5.26 Å². The molecule has 0 saturated carbocycles. The van der Waals surface area contributed by atoms with Gasteiger partial charge in [0.1, 0.15) is 5.78 Å². The summed E-state index contributed by atoms with van der Waals surface area (Å²) in [4.78, 5) is 65.6. The van der Waals surface area contributed by atoms with Gasteiger partial charge in [0.25, 0.3) is 0 Å². The zero-order valence-corrected chi connectivity index (χ0v) is 22.9. The standard InChI is InChI=1S/C18H11N3O6.C5H5F3O2.CHNS.Ru/c22-16(23)9-1-3-19-12(5-9)14-7-11(18(26)27)8-15(21-14)13-6-10(17(24)25)2-4-20-13;1-3(9)2-4(10)5(6,7)8;2-1-3;/h1-8H,(H,22,23)(H,24,25)(H,26,27);2H2,1H3;3H;/q;;;+1/p-3. The summed E-state index contributed by atoms with van der Waals surface area (Å²) in [6, 6.07) is 7.26. The number of pyridine rings is 3. The molecule has 0 unspecified atom stereocenters. The van der Waals surface area contributed by atoms with Crippen LogP contribution in [0.4, 0.5) is 13.2 Å². The summed E-state index contributed by atoms with van der Waals surface area (Å²) in [6.07, 6.45) is -3.45. The third kappa shape index (κ3) is 11.9. The van der Waals surface area contributed by atoms with Crippen LogP contribution in [0.2, 0.25) is 0 Å². The number of aromatic nitrogens is 3. The Kier molecular flexibility index (Phi) is 14.6. The molecular formula is C24H14F3N4O8RuS-2. The van der Waals surface area contributed by atoms with E-state index in [4.69, 9.17) is 10.4 Å². The summed E-state index contributed by atoms with van der Waals surface area (Å²) < 4.78 is 33.9.